The number of rotatable bonds is 3. The summed E-state index contributed by atoms with van der Waals surface area (Å²) in [5, 5.41) is 30.2. The number of carboxylic acids is 3. The predicted octanol–water partition coefficient (Wildman–Crippen LogP) is -9.84. The van der Waals surface area contributed by atoms with Gasteiger partial charge in [0.15, 0.2) is 0 Å². The average Bonchev–Trinajstić information content (AvgIpc) is 3.04. The molecule has 0 amide bonds. The van der Waals surface area contributed by atoms with Crippen LogP contribution in [0.5, 0.6) is 0 Å². The molecule has 0 radical (unpaired) electrons. The summed E-state index contributed by atoms with van der Waals surface area (Å²) in [5.74, 6) is -2.22. The molecular formula is C16H4Li2N2O8. The Morgan fingerprint density at radius 2 is 1.61 bits per heavy atom. The number of carboxylic acid groups (broad SMARTS) is 3. The van der Waals surface area contributed by atoms with Crippen LogP contribution in [-0.4, -0.2) is 44.9 Å². The number of hydrogen-bond donors (Lipinski definition) is 2. The number of aromatic amines is 1. The van der Waals surface area contributed by atoms with Gasteiger partial charge in [0.05, 0.1) is 33.9 Å². The van der Waals surface area contributed by atoms with Crippen molar-refractivity contribution in [3.05, 3.63) is 39.5 Å². The van der Waals surface area contributed by atoms with Crippen molar-refractivity contribution in [1.29, 1.82) is 0 Å². The molecule has 1 aromatic carbocycles. The van der Waals surface area contributed by atoms with E-state index < -0.39 is 50.8 Å². The quantitative estimate of drug-likeness (QED) is 0.425. The third-order valence-corrected chi connectivity index (χ3v) is 3.71. The number of hydrogen-bond acceptors (Lipinski definition) is 8. The van der Waals surface area contributed by atoms with Crippen LogP contribution in [0.2, 0.25) is 0 Å². The molecule has 0 saturated carbocycles. The molecule has 12 heteroatoms. The standard InChI is InChI=1S/C16H6N2O8.2Li/c19-3-7-5-1-9(15(23)24)17-12(5)11-6(14(21)22)2-10(16(25)26)18-13(11)8(7)4-20;;/h1-2,17H,(H,21,22)(H,23,24)(H,25,26);;/q;2*+1/p-2. The Hall–Kier alpha value is -3.07. The van der Waals surface area contributed by atoms with E-state index >= 15 is 0 Å². The number of nitrogens with zero attached hydrogens (tertiary/aromatic N) is 1. The number of nitrogens with one attached hydrogen (secondary N) is 1. The molecule has 0 aliphatic heterocycles. The van der Waals surface area contributed by atoms with Gasteiger partial charge in [0.25, 0.3) is 0 Å². The summed E-state index contributed by atoms with van der Waals surface area (Å²) in [5.41, 5.74) is -2.56. The van der Waals surface area contributed by atoms with Crippen LogP contribution in [0.25, 0.3) is 21.8 Å². The van der Waals surface area contributed by atoms with Gasteiger partial charge in [0, 0.05) is 16.3 Å². The molecule has 0 aliphatic carbocycles. The van der Waals surface area contributed by atoms with Crippen molar-refractivity contribution in [2.75, 3.05) is 0 Å². The topological polar surface area (TPSA) is 180 Å². The molecule has 0 aliphatic rings. The van der Waals surface area contributed by atoms with Crippen molar-refractivity contribution in [3.8, 4) is 0 Å². The van der Waals surface area contributed by atoms with Gasteiger partial charge < -0.3 is 29.9 Å². The fourth-order valence-electron chi connectivity index (χ4n) is 2.67. The van der Waals surface area contributed by atoms with Crippen LogP contribution in [0, 0.1) is 0 Å². The maximum atomic E-state index is 11.5. The monoisotopic (exact) mass is 366 g/mol. The molecular weight excluding hydrogens is 362 g/mol. The Morgan fingerprint density at radius 3 is 2.07 bits per heavy atom. The Bertz CT molecular complexity index is 1330. The summed E-state index contributed by atoms with van der Waals surface area (Å²) in [7, 11) is 0. The molecule has 3 aromatic rings. The van der Waals surface area contributed by atoms with Crippen LogP contribution in [0.3, 0.4) is 0 Å². The summed E-state index contributed by atoms with van der Waals surface area (Å²) in [6, 6.07) is 1.65. The summed E-state index contributed by atoms with van der Waals surface area (Å²) in [4.78, 5) is 62.5. The van der Waals surface area contributed by atoms with E-state index in [9.17, 15) is 34.2 Å². The Kier molecular flexibility index (Phi) is 6.81. The Labute approximate surface area is 177 Å². The number of fused-ring (bicyclic) bond motifs is 3. The van der Waals surface area contributed by atoms with E-state index in [-0.39, 0.29) is 54.0 Å². The van der Waals surface area contributed by atoms with Gasteiger partial charge in [-0.05, 0) is 12.1 Å². The van der Waals surface area contributed by atoms with Gasteiger partial charge in [-0.1, -0.05) is 0 Å². The van der Waals surface area contributed by atoms with Crippen molar-refractivity contribution >= 4 is 51.6 Å². The smallest absolute Gasteiger partial charge is 0.545 e. The molecule has 3 rings (SSSR count). The first-order valence-corrected chi connectivity index (χ1v) is 6.75. The van der Waals surface area contributed by atoms with Crippen molar-refractivity contribution in [1.82, 2.24) is 9.97 Å². The molecule has 0 fully saturated rings. The van der Waals surface area contributed by atoms with E-state index in [4.69, 9.17) is 5.11 Å². The minimum Gasteiger partial charge on any atom is -0.545 e. The van der Waals surface area contributed by atoms with Gasteiger partial charge in [-0.2, -0.15) is 0 Å². The van der Waals surface area contributed by atoms with Gasteiger partial charge >= 0.3 is 43.7 Å². The number of aromatic nitrogens is 2. The molecule has 2 aromatic heterocycles. The molecule has 10 nitrogen and oxygen atoms in total. The number of carbonyl (C=O) groups is 3. The maximum Gasteiger partial charge on any atom is 1.00 e. The van der Waals surface area contributed by atoms with E-state index in [1.807, 2.05) is 0 Å². The van der Waals surface area contributed by atoms with Crippen LogP contribution in [0.15, 0.2) is 12.1 Å². The second-order valence-corrected chi connectivity index (χ2v) is 5.08. The van der Waals surface area contributed by atoms with Gasteiger partial charge in [-0.3, -0.25) is 0 Å². The first-order chi connectivity index (χ1) is 12.3. The second-order valence-electron chi connectivity index (χ2n) is 5.08. The Balaban J connectivity index is 0.00000196. The molecule has 2 N–H and O–H groups in total. The molecule has 0 bridgehead atoms. The third kappa shape index (κ3) is 3.40. The van der Waals surface area contributed by atoms with Crippen LogP contribution < -0.4 is 58.4 Å². The SMILES string of the molecule is O=C=c1c(=C=O)c2nc(C(=O)O)cc(C(=O)[O-])c2c2[nH]c(C(=O)[O-])cc12.[Li+].[Li+]. The van der Waals surface area contributed by atoms with E-state index in [1.54, 1.807) is 0 Å². The number of carbonyl (C=O) groups excluding carboxylic acids is 4. The maximum absolute atomic E-state index is 11.5. The molecule has 28 heavy (non-hydrogen) atoms. The fourth-order valence-corrected chi connectivity index (χ4v) is 2.67. The number of H-pyrrole nitrogens is 1. The average molecular weight is 366 g/mol. The van der Waals surface area contributed by atoms with Crippen LogP contribution in [-0.2, 0) is 9.59 Å². The molecule has 0 saturated heterocycles. The van der Waals surface area contributed by atoms with Crippen molar-refractivity contribution in [2.45, 2.75) is 0 Å². The zero-order valence-corrected chi connectivity index (χ0v) is 14.4. The fraction of sp³-hybridized carbons (Fsp3) is 0. The molecule has 128 valence electrons. The Morgan fingerprint density at radius 1 is 1.00 bits per heavy atom. The van der Waals surface area contributed by atoms with E-state index in [1.165, 1.54) is 11.9 Å². The van der Waals surface area contributed by atoms with Crippen molar-refractivity contribution in [3.63, 3.8) is 0 Å². The largest absolute Gasteiger partial charge is 1.00 e. The number of benzene rings is 1. The van der Waals surface area contributed by atoms with Crippen LogP contribution >= 0.6 is 0 Å². The summed E-state index contributed by atoms with van der Waals surface area (Å²) in [6.07, 6.45) is 0. The van der Waals surface area contributed by atoms with Crippen molar-refractivity contribution < 1.29 is 77.0 Å². The third-order valence-electron chi connectivity index (χ3n) is 3.71. The number of aromatic carboxylic acids is 3. The zero-order chi connectivity index (χ0) is 19.2. The van der Waals surface area contributed by atoms with Crippen LogP contribution in [0.4, 0.5) is 0 Å². The first kappa shape index (κ1) is 23.0. The summed E-state index contributed by atoms with van der Waals surface area (Å²) < 4.78 is 0. The normalized spacial score (nSPS) is 9.71. The zero-order valence-electron chi connectivity index (χ0n) is 14.4. The van der Waals surface area contributed by atoms with Gasteiger partial charge in [0.1, 0.15) is 22.8 Å². The molecule has 0 spiro atoms. The van der Waals surface area contributed by atoms with Crippen LogP contribution in [0.1, 0.15) is 31.3 Å². The first-order valence-electron chi connectivity index (χ1n) is 6.75. The summed E-state index contributed by atoms with van der Waals surface area (Å²) >= 11 is 0. The van der Waals surface area contributed by atoms with Gasteiger partial charge in [-0.15, -0.1) is 0 Å². The van der Waals surface area contributed by atoms with E-state index in [0.29, 0.717) is 6.07 Å². The molecule has 0 unspecified atom stereocenters. The predicted molar refractivity (Wildman–Crippen MR) is 78.1 cm³/mol. The van der Waals surface area contributed by atoms with E-state index in [2.05, 4.69) is 9.97 Å². The van der Waals surface area contributed by atoms with Gasteiger partial charge in [-0.25, -0.2) is 19.4 Å². The number of pyridine rings is 1. The second kappa shape index (κ2) is 8.31. The van der Waals surface area contributed by atoms with Gasteiger partial charge in [0.2, 0.25) is 0 Å². The molecule has 0 atom stereocenters. The minimum absolute atomic E-state index is 0. The van der Waals surface area contributed by atoms with E-state index in [0.717, 1.165) is 6.07 Å². The molecule has 2 heterocycles. The summed E-state index contributed by atoms with van der Waals surface area (Å²) in [6.45, 7) is 0. The minimum atomic E-state index is -1.80. The van der Waals surface area contributed by atoms with Crippen molar-refractivity contribution in [2.24, 2.45) is 0 Å².